The molecule has 0 aliphatic carbocycles. The highest BCUT2D eigenvalue weighted by Gasteiger charge is 2.38. The maximum atomic E-state index is 13.3. The summed E-state index contributed by atoms with van der Waals surface area (Å²) in [6, 6.07) is 0.207. The Morgan fingerprint density at radius 3 is 2.11 bits per heavy atom. The number of hydrogen-bond donors (Lipinski definition) is 1. The van der Waals surface area contributed by atoms with Gasteiger partial charge in [0.05, 0.1) is 11.1 Å². The van der Waals surface area contributed by atoms with Crippen molar-refractivity contribution in [2.75, 3.05) is 0 Å². The van der Waals surface area contributed by atoms with Gasteiger partial charge >= 0.3 is 12.1 Å². The van der Waals surface area contributed by atoms with E-state index in [9.17, 15) is 30.8 Å². The van der Waals surface area contributed by atoms with Crippen LogP contribution >= 0.6 is 10.7 Å². The predicted octanol–water partition coefficient (Wildman–Crippen LogP) is 2.47. The molecular formula is C8H3ClF4O4S. The van der Waals surface area contributed by atoms with Crippen molar-refractivity contribution in [1.29, 1.82) is 0 Å². The largest absolute Gasteiger partial charge is 0.478 e. The molecular weight excluding hydrogens is 304 g/mol. The topological polar surface area (TPSA) is 71.4 Å². The molecule has 0 saturated heterocycles. The quantitative estimate of drug-likeness (QED) is 0.673. The Labute approximate surface area is 102 Å². The van der Waals surface area contributed by atoms with Crippen molar-refractivity contribution in [2.45, 2.75) is 11.1 Å². The first-order chi connectivity index (χ1) is 7.94. The van der Waals surface area contributed by atoms with Crippen LogP contribution in [0.1, 0.15) is 15.9 Å². The van der Waals surface area contributed by atoms with Gasteiger partial charge in [0.2, 0.25) is 0 Å². The maximum Gasteiger partial charge on any atom is 0.419 e. The van der Waals surface area contributed by atoms with E-state index < -0.39 is 43.0 Å². The minimum absolute atomic E-state index is 0.0107. The van der Waals surface area contributed by atoms with Crippen LogP contribution in [-0.4, -0.2) is 19.5 Å². The summed E-state index contributed by atoms with van der Waals surface area (Å²) >= 11 is 0. The highest BCUT2D eigenvalue weighted by atomic mass is 35.7. The molecule has 1 aromatic carbocycles. The second-order valence-corrected chi connectivity index (χ2v) is 5.61. The first-order valence-electron chi connectivity index (χ1n) is 4.03. The molecule has 0 unspecified atom stereocenters. The monoisotopic (exact) mass is 306 g/mol. The molecule has 18 heavy (non-hydrogen) atoms. The molecule has 4 nitrogen and oxygen atoms in total. The van der Waals surface area contributed by atoms with Crippen molar-refractivity contribution in [3.05, 3.63) is 29.1 Å². The second kappa shape index (κ2) is 4.39. The number of alkyl halides is 3. The minimum atomic E-state index is -5.24. The molecule has 0 aliphatic heterocycles. The van der Waals surface area contributed by atoms with Crippen molar-refractivity contribution in [2.24, 2.45) is 0 Å². The Balaban J connectivity index is 3.76. The van der Waals surface area contributed by atoms with E-state index in [1.165, 1.54) is 0 Å². The molecule has 100 valence electrons. The molecule has 10 heteroatoms. The van der Waals surface area contributed by atoms with Gasteiger partial charge in [-0.3, -0.25) is 0 Å². The van der Waals surface area contributed by atoms with E-state index in [4.69, 9.17) is 15.8 Å². The van der Waals surface area contributed by atoms with Gasteiger partial charge in [0.15, 0.2) is 5.82 Å². The highest BCUT2D eigenvalue weighted by molar-refractivity contribution is 8.13. The molecule has 0 atom stereocenters. The lowest BCUT2D eigenvalue weighted by atomic mass is 10.1. The van der Waals surface area contributed by atoms with Crippen LogP contribution in [0.25, 0.3) is 0 Å². The molecule has 0 radical (unpaired) electrons. The van der Waals surface area contributed by atoms with E-state index >= 15 is 0 Å². The lowest BCUT2D eigenvalue weighted by molar-refractivity contribution is -0.140. The van der Waals surface area contributed by atoms with Crippen molar-refractivity contribution < 1.29 is 35.9 Å². The third kappa shape index (κ3) is 2.91. The van der Waals surface area contributed by atoms with Gasteiger partial charge in [-0.25, -0.2) is 17.6 Å². The van der Waals surface area contributed by atoms with Gasteiger partial charge in [-0.05, 0) is 12.1 Å². The van der Waals surface area contributed by atoms with Crippen molar-refractivity contribution >= 4 is 25.7 Å². The molecule has 1 N–H and O–H groups in total. The van der Waals surface area contributed by atoms with E-state index in [-0.39, 0.29) is 12.1 Å². The minimum Gasteiger partial charge on any atom is -0.478 e. The fourth-order valence-corrected chi connectivity index (χ4v) is 2.03. The molecule has 1 rings (SSSR count). The summed E-state index contributed by atoms with van der Waals surface area (Å²) in [5.74, 6) is -3.98. The van der Waals surface area contributed by atoms with Gasteiger partial charge in [-0.1, -0.05) is 0 Å². The summed E-state index contributed by atoms with van der Waals surface area (Å²) < 4.78 is 72.2. The maximum absolute atomic E-state index is 13.3. The van der Waals surface area contributed by atoms with Gasteiger partial charge in [-0.15, -0.1) is 0 Å². The lowest BCUT2D eigenvalue weighted by Crippen LogP contribution is -2.13. The third-order valence-electron chi connectivity index (χ3n) is 1.85. The van der Waals surface area contributed by atoms with E-state index in [0.717, 1.165) is 0 Å². The Morgan fingerprint density at radius 2 is 1.78 bits per heavy atom. The third-order valence-corrected chi connectivity index (χ3v) is 3.18. The van der Waals surface area contributed by atoms with Crippen molar-refractivity contribution in [3.8, 4) is 0 Å². The normalized spacial score (nSPS) is 12.5. The number of carboxylic acids is 1. The molecule has 0 amide bonds. The number of aromatic carboxylic acids is 1. The molecule has 0 spiro atoms. The number of halogens is 5. The summed E-state index contributed by atoms with van der Waals surface area (Å²) in [4.78, 5) is 9.01. The molecule has 0 bridgehead atoms. The highest BCUT2D eigenvalue weighted by Crippen LogP contribution is 2.35. The summed E-state index contributed by atoms with van der Waals surface area (Å²) in [5.41, 5.74) is -3.05. The Bertz CT molecular complexity index is 608. The summed E-state index contributed by atoms with van der Waals surface area (Å²) in [7, 11) is -0.104. The molecule has 0 aromatic heterocycles. The molecule has 0 saturated carbocycles. The lowest BCUT2D eigenvalue weighted by Gasteiger charge is -2.11. The Hall–Kier alpha value is -1.35. The molecule has 0 aliphatic rings. The summed E-state index contributed by atoms with van der Waals surface area (Å²) in [5, 5.41) is 8.53. The van der Waals surface area contributed by atoms with Crippen LogP contribution in [0.2, 0.25) is 0 Å². The standard InChI is InChI=1S/C8H3ClF4O4S/c9-18(16,17)5-2-3(7(14)15)1-4(6(5)10)8(11,12)13/h1-2H,(H,14,15). The zero-order valence-corrected chi connectivity index (χ0v) is 9.70. The van der Waals surface area contributed by atoms with Gasteiger partial charge in [-0.2, -0.15) is 13.2 Å². The molecule has 0 fully saturated rings. The van der Waals surface area contributed by atoms with Crippen LogP contribution in [0.3, 0.4) is 0 Å². The van der Waals surface area contributed by atoms with E-state index in [2.05, 4.69) is 0 Å². The fourth-order valence-electron chi connectivity index (χ4n) is 1.11. The zero-order valence-electron chi connectivity index (χ0n) is 8.12. The summed E-state index contributed by atoms with van der Waals surface area (Å²) in [6.07, 6.45) is -5.24. The van der Waals surface area contributed by atoms with Crippen LogP contribution in [0, 0.1) is 5.82 Å². The molecule has 1 aromatic rings. The number of hydrogen-bond acceptors (Lipinski definition) is 3. The van der Waals surface area contributed by atoms with Crippen LogP contribution in [-0.2, 0) is 15.2 Å². The van der Waals surface area contributed by atoms with Crippen LogP contribution in [0.15, 0.2) is 17.0 Å². The Kier molecular flexibility index (Phi) is 3.59. The van der Waals surface area contributed by atoms with E-state index in [0.29, 0.717) is 0 Å². The first-order valence-corrected chi connectivity index (χ1v) is 6.34. The van der Waals surface area contributed by atoms with Crippen LogP contribution in [0.5, 0.6) is 0 Å². The number of carbonyl (C=O) groups is 1. The van der Waals surface area contributed by atoms with E-state index in [1.54, 1.807) is 0 Å². The predicted molar refractivity (Wildman–Crippen MR) is 51.4 cm³/mol. The smallest absolute Gasteiger partial charge is 0.419 e. The number of benzene rings is 1. The summed E-state index contributed by atoms with van der Waals surface area (Å²) in [6.45, 7) is 0. The van der Waals surface area contributed by atoms with Gasteiger partial charge < -0.3 is 5.11 Å². The number of carboxylic acid groups (broad SMARTS) is 1. The average Bonchev–Trinajstić information content (AvgIpc) is 2.13. The molecule has 0 heterocycles. The van der Waals surface area contributed by atoms with Crippen LogP contribution < -0.4 is 0 Å². The van der Waals surface area contributed by atoms with Gasteiger partial charge in [0.25, 0.3) is 9.05 Å². The second-order valence-electron chi connectivity index (χ2n) is 3.08. The van der Waals surface area contributed by atoms with Gasteiger partial charge in [0.1, 0.15) is 4.90 Å². The number of rotatable bonds is 2. The average molecular weight is 307 g/mol. The van der Waals surface area contributed by atoms with E-state index in [1.807, 2.05) is 0 Å². The zero-order chi connectivity index (χ0) is 14.3. The first kappa shape index (κ1) is 14.7. The van der Waals surface area contributed by atoms with Crippen LogP contribution in [0.4, 0.5) is 17.6 Å². The fraction of sp³-hybridized carbons (Fsp3) is 0.125. The van der Waals surface area contributed by atoms with Crippen molar-refractivity contribution in [1.82, 2.24) is 0 Å². The van der Waals surface area contributed by atoms with Crippen molar-refractivity contribution in [3.63, 3.8) is 0 Å². The SMILES string of the molecule is O=C(O)c1cc(C(F)(F)F)c(F)c(S(=O)(=O)Cl)c1. The Morgan fingerprint density at radius 1 is 1.28 bits per heavy atom. The van der Waals surface area contributed by atoms with Gasteiger partial charge in [0, 0.05) is 10.7 Å².